The predicted octanol–water partition coefficient (Wildman–Crippen LogP) is 1.03. The summed E-state index contributed by atoms with van der Waals surface area (Å²) in [6, 6.07) is 10.0. The highest BCUT2D eigenvalue weighted by molar-refractivity contribution is 6.00. The third-order valence-corrected chi connectivity index (χ3v) is 5.20. The maximum atomic E-state index is 13.1. The second kappa shape index (κ2) is 8.91. The largest absolute Gasteiger partial charge is 0.395 e. The molecule has 1 saturated heterocycles. The Hall–Kier alpha value is -3.46. The van der Waals surface area contributed by atoms with E-state index < -0.39 is 5.92 Å². The van der Waals surface area contributed by atoms with Gasteiger partial charge in [0, 0.05) is 44.0 Å². The Bertz CT molecular complexity index is 985. The van der Waals surface area contributed by atoms with Gasteiger partial charge in [-0.15, -0.1) is 0 Å². The quantitative estimate of drug-likeness (QED) is 0.579. The molecule has 30 heavy (non-hydrogen) atoms. The smallest absolute Gasteiger partial charge is 0.228 e. The van der Waals surface area contributed by atoms with E-state index in [0.29, 0.717) is 25.3 Å². The Kier molecular flexibility index (Phi) is 5.89. The van der Waals surface area contributed by atoms with Gasteiger partial charge < -0.3 is 14.9 Å². The molecule has 3 heterocycles. The van der Waals surface area contributed by atoms with E-state index in [1.807, 2.05) is 41.2 Å². The molecule has 2 aromatic heterocycles. The highest BCUT2D eigenvalue weighted by Crippen LogP contribution is 2.26. The standard InChI is InChI=1S/C21H24N6O3/c28-7-6-25(12-17-9-24-26(14-17)13-16-4-2-1-3-5-16)21(30)18-8-20(29)27(15-18)19-10-22-23-11-19/h1-5,9-11,14,18,28H,6-8,12-13,15H2,(H,22,23). The number of anilines is 1. The van der Waals surface area contributed by atoms with E-state index in [2.05, 4.69) is 15.3 Å². The van der Waals surface area contributed by atoms with Gasteiger partial charge in [0.15, 0.2) is 0 Å². The molecule has 9 heteroatoms. The third kappa shape index (κ3) is 4.41. The molecule has 0 saturated carbocycles. The second-order valence-electron chi connectivity index (χ2n) is 7.38. The fraction of sp³-hybridized carbons (Fsp3) is 0.333. The van der Waals surface area contributed by atoms with Gasteiger partial charge in [-0.25, -0.2) is 0 Å². The number of aliphatic hydroxyl groups is 1. The number of H-pyrrole nitrogens is 1. The number of carbonyl (C=O) groups excluding carboxylic acids is 2. The first kappa shape index (κ1) is 19.8. The summed E-state index contributed by atoms with van der Waals surface area (Å²) in [5.74, 6) is -0.688. The summed E-state index contributed by atoms with van der Waals surface area (Å²) in [6.07, 6.45) is 6.99. The van der Waals surface area contributed by atoms with Crippen LogP contribution in [0.5, 0.6) is 0 Å². The van der Waals surface area contributed by atoms with Gasteiger partial charge in [0.25, 0.3) is 0 Å². The molecule has 1 atom stereocenters. The minimum atomic E-state index is -0.446. The molecular weight excluding hydrogens is 384 g/mol. The van der Waals surface area contributed by atoms with Crippen LogP contribution in [-0.4, -0.2) is 61.5 Å². The monoisotopic (exact) mass is 408 g/mol. The van der Waals surface area contributed by atoms with Gasteiger partial charge in [0.2, 0.25) is 11.8 Å². The fourth-order valence-electron chi connectivity index (χ4n) is 3.73. The van der Waals surface area contributed by atoms with Gasteiger partial charge in [-0.1, -0.05) is 30.3 Å². The number of hydrogen-bond acceptors (Lipinski definition) is 5. The maximum absolute atomic E-state index is 13.1. The van der Waals surface area contributed by atoms with Crippen LogP contribution in [0.4, 0.5) is 5.69 Å². The van der Waals surface area contributed by atoms with E-state index in [9.17, 15) is 14.7 Å². The molecule has 1 aliphatic rings. The van der Waals surface area contributed by atoms with Crippen molar-refractivity contribution < 1.29 is 14.7 Å². The van der Waals surface area contributed by atoms with Crippen molar-refractivity contribution in [2.24, 2.45) is 5.92 Å². The van der Waals surface area contributed by atoms with Crippen molar-refractivity contribution in [2.45, 2.75) is 19.5 Å². The molecular formula is C21H24N6O3. The molecule has 2 amide bonds. The van der Waals surface area contributed by atoms with Crippen LogP contribution in [0, 0.1) is 5.92 Å². The Morgan fingerprint density at radius 1 is 1.23 bits per heavy atom. The first-order chi connectivity index (χ1) is 14.6. The molecule has 3 aromatic rings. The lowest BCUT2D eigenvalue weighted by atomic mass is 10.1. The molecule has 0 radical (unpaired) electrons. The topological polar surface area (TPSA) is 107 Å². The van der Waals surface area contributed by atoms with Crippen LogP contribution in [-0.2, 0) is 22.7 Å². The Morgan fingerprint density at radius 2 is 2.07 bits per heavy atom. The van der Waals surface area contributed by atoms with Crippen LogP contribution in [0.15, 0.2) is 55.1 Å². The van der Waals surface area contributed by atoms with Crippen molar-refractivity contribution >= 4 is 17.5 Å². The lowest BCUT2D eigenvalue weighted by Gasteiger charge is -2.24. The van der Waals surface area contributed by atoms with Crippen molar-refractivity contribution in [1.29, 1.82) is 0 Å². The number of rotatable bonds is 8. The van der Waals surface area contributed by atoms with Gasteiger partial charge in [-0.05, 0) is 5.56 Å². The average Bonchev–Trinajstić information content (AvgIpc) is 3.49. The Labute approximate surface area is 173 Å². The highest BCUT2D eigenvalue weighted by atomic mass is 16.3. The molecule has 1 aliphatic heterocycles. The molecule has 1 unspecified atom stereocenters. The number of aromatic nitrogens is 4. The van der Waals surface area contributed by atoms with E-state index in [1.165, 1.54) is 0 Å². The fourth-order valence-corrected chi connectivity index (χ4v) is 3.73. The van der Waals surface area contributed by atoms with Gasteiger partial charge in [-0.2, -0.15) is 10.2 Å². The van der Waals surface area contributed by atoms with Crippen molar-refractivity contribution in [3.63, 3.8) is 0 Å². The van der Waals surface area contributed by atoms with E-state index in [0.717, 1.165) is 11.1 Å². The van der Waals surface area contributed by atoms with E-state index >= 15 is 0 Å². The molecule has 0 spiro atoms. The zero-order valence-electron chi connectivity index (χ0n) is 16.5. The Balaban J connectivity index is 1.41. The van der Waals surface area contributed by atoms with Crippen molar-refractivity contribution in [3.8, 4) is 0 Å². The third-order valence-electron chi connectivity index (χ3n) is 5.20. The van der Waals surface area contributed by atoms with Crippen molar-refractivity contribution in [3.05, 3.63) is 66.2 Å². The molecule has 1 aromatic carbocycles. The van der Waals surface area contributed by atoms with Crippen LogP contribution in [0.3, 0.4) is 0 Å². The molecule has 0 bridgehead atoms. The molecule has 1 fully saturated rings. The number of amides is 2. The summed E-state index contributed by atoms with van der Waals surface area (Å²) in [5.41, 5.74) is 2.68. The average molecular weight is 408 g/mol. The maximum Gasteiger partial charge on any atom is 0.228 e. The van der Waals surface area contributed by atoms with Crippen molar-refractivity contribution in [2.75, 3.05) is 24.6 Å². The number of nitrogens with one attached hydrogen (secondary N) is 1. The number of nitrogens with zero attached hydrogens (tertiary/aromatic N) is 5. The zero-order chi connectivity index (χ0) is 20.9. The minimum Gasteiger partial charge on any atom is -0.395 e. The van der Waals surface area contributed by atoms with E-state index in [4.69, 9.17) is 0 Å². The van der Waals surface area contributed by atoms with E-state index in [1.54, 1.807) is 28.4 Å². The van der Waals surface area contributed by atoms with E-state index in [-0.39, 0.29) is 31.4 Å². The summed E-state index contributed by atoms with van der Waals surface area (Å²) in [4.78, 5) is 28.6. The summed E-state index contributed by atoms with van der Waals surface area (Å²) in [6.45, 7) is 1.36. The van der Waals surface area contributed by atoms with Crippen LogP contribution in [0.1, 0.15) is 17.5 Å². The predicted molar refractivity (Wildman–Crippen MR) is 109 cm³/mol. The van der Waals surface area contributed by atoms with Gasteiger partial charge >= 0.3 is 0 Å². The molecule has 2 N–H and O–H groups in total. The summed E-state index contributed by atoms with van der Waals surface area (Å²) in [5, 5.41) is 20.4. The molecule has 0 aliphatic carbocycles. The highest BCUT2D eigenvalue weighted by Gasteiger charge is 2.37. The van der Waals surface area contributed by atoms with Crippen molar-refractivity contribution in [1.82, 2.24) is 24.9 Å². The van der Waals surface area contributed by atoms with Crippen LogP contribution in [0.25, 0.3) is 0 Å². The van der Waals surface area contributed by atoms with Crippen LogP contribution >= 0.6 is 0 Å². The van der Waals surface area contributed by atoms with Gasteiger partial charge in [-0.3, -0.25) is 19.4 Å². The number of hydrogen-bond donors (Lipinski definition) is 2. The lowest BCUT2D eigenvalue weighted by molar-refractivity contribution is -0.136. The molecule has 156 valence electrons. The lowest BCUT2D eigenvalue weighted by Crippen LogP contribution is -2.38. The summed E-state index contributed by atoms with van der Waals surface area (Å²) < 4.78 is 1.83. The minimum absolute atomic E-state index is 0.102. The van der Waals surface area contributed by atoms with Gasteiger partial charge in [0.05, 0.1) is 37.2 Å². The first-order valence-electron chi connectivity index (χ1n) is 9.88. The summed E-state index contributed by atoms with van der Waals surface area (Å²) >= 11 is 0. The molecule has 4 rings (SSSR count). The number of carbonyl (C=O) groups is 2. The number of aliphatic hydroxyl groups excluding tert-OH is 1. The number of aromatic amines is 1. The zero-order valence-corrected chi connectivity index (χ0v) is 16.5. The second-order valence-corrected chi connectivity index (χ2v) is 7.38. The van der Waals surface area contributed by atoms with Gasteiger partial charge in [0.1, 0.15) is 0 Å². The SMILES string of the molecule is O=C(C1CC(=O)N(c2cn[nH]c2)C1)N(CCO)Cc1cnn(Cc2ccccc2)c1. The normalized spacial score (nSPS) is 16.2. The summed E-state index contributed by atoms with van der Waals surface area (Å²) in [7, 11) is 0. The first-order valence-corrected chi connectivity index (χ1v) is 9.88. The Morgan fingerprint density at radius 3 is 2.80 bits per heavy atom. The molecule has 9 nitrogen and oxygen atoms in total. The number of benzene rings is 1. The van der Waals surface area contributed by atoms with Crippen LogP contribution in [0.2, 0.25) is 0 Å². The van der Waals surface area contributed by atoms with Crippen LogP contribution < -0.4 is 4.90 Å².